The van der Waals surface area contributed by atoms with E-state index < -0.39 is 0 Å². The summed E-state index contributed by atoms with van der Waals surface area (Å²) in [5, 5.41) is 12.1. The average molecular weight is 231 g/mol. The van der Waals surface area contributed by atoms with Crippen molar-refractivity contribution >= 4 is 17.7 Å². The molecule has 1 amide bonds. The maximum absolute atomic E-state index is 11.6. The lowest BCUT2D eigenvalue weighted by Gasteiger charge is -2.26. The van der Waals surface area contributed by atoms with Gasteiger partial charge in [-0.25, -0.2) is 0 Å². The van der Waals surface area contributed by atoms with Crippen molar-refractivity contribution in [2.45, 2.75) is 43.9 Å². The first-order chi connectivity index (χ1) is 7.17. The Morgan fingerprint density at radius 2 is 2.27 bits per heavy atom. The lowest BCUT2D eigenvalue weighted by atomic mass is 9.83. The van der Waals surface area contributed by atoms with Gasteiger partial charge in [0.15, 0.2) is 0 Å². The Kier molecular flexibility index (Phi) is 5.47. The zero-order chi connectivity index (χ0) is 11.3. The van der Waals surface area contributed by atoms with Crippen LogP contribution in [0.15, 0.2) is 0 Å². The second-order valence-corrected chi connectivity index (χ2v) is 5.39. The molecule has 1 saturated carbocycles. The largest absolute Gasteiger partial charge is 0.395 e. The first-order valence-electron chi connectivity index (χ1n) is 5.60. The standard InChI is InChI=1S/C11H21NO2S/c1-8(10(7-13)15-2)12-11(14)6-9-4-3-5-9/h8-10,13H,3-7H2,1-2H3,(H,12,14). The van der Waals surface area contributed by atoms with Crippen LogP contribution in [-0.2, 0) is 4.79 Å². The van der Waals surface area contributed by atoms with Crippen molar-refractivity contribution in [1.82, 2.24) is 5.32 Å². The zero-order valence-corrected chi connectivity index (χ0v) is 10.3. The van der Waals surface area contributed by atoms with Crippen LogP contribution in [0.25, 0.3) is 0 Å². The molecule has 4 heteroatoms. The fourth-order valence-corrected chi connectivity index (χ4v) is 2.43. The van der Waals surface area contributed by atoms with Crippen molar-refractivity contribution < 1.29 is 9.90 Å². The number of amides is 1. The summed E-state index contributed by atoms with van der Waals surface area (Å²) in [4.78, 5) is 11.6. The molecule has 2 unspecified atom stereocenters. The van der Waals surface area contributed by atoms with Gasteiger partial charge in [-0.1, -0.05) is 6.42 Å². The summed E-state index contributed by atoms with van der Waals surface area (Å²) in [5.41, 5.74) is 0. The molecule has 1 aliphatic rings. The predicted molar refractivity (Wildman–Crippen MR) is 64.0 cm³/mol. The molecule has 1 fully saturated rings. The fraction of sp³-hybridized carbons (Fsp3) is 0.909. The van der Waals surface area contributed by atoms with E-state index in [4.69, 9.17) is 5.11 Å². The van der Waals surface area contributed by atoms with Crippen LogP contribution in [0.1, 0.15) is 32.6 Å². The number of carbonyl (C=O) groups is 1. The number of rotatable bonds is 6. The highest BCUT2D eigenvalue weighted by molar-refractivity contribution is 7.99. The summed E-state index contributed by atoms with van der Waals surface area (Å²) < 4.78 is 0. The molecule has 0 radical (unpaired) electrons. The minimum Gasteiger partial charge on any atom is -0.395 e. The van der Waals surface area contributed by atoms with Crippen molar-refractivity contribution in [3.8, 4) is 0 Å². The molecular weight excluding hydrogens is 210 g/mol. The summed E-state index contributed by atoms with van der Waals surface area (Å²) >= 11 is 1.59. The van der Waals surface area contributed by atoms with Crippen LogP contribution in [-0.4, -0.2) is 35.2 Å². The number of hydrogen-bond donors (Lipinski definition) is 2. The molecule has 15 heavy (non-hydrogen) atoms. The van der Waals surface area contributed by atoms with Gasteiger partial charge < -0.3 is 10.4 Å². The summed E-state index contributed by atoms with van der Waals surface area (Å²) in [5.74, 6) is 0.749. The minimum atomic E-state index is 0.0533. The lowest BCUT2D eigenvalue weighted by Crippen LogP contribution is -2.42. The van der Waals surface area contributed by atoms with Gasteiger partial charge in [-0.3, -0.25) is 4.79 Å². The second-order valence-electron chi connectivity index (χ2n) is 4.31. The summed E-state index contributed by atoms with van der Waals surface area (Å²) in [6.45, 7) is 2.07. The quantitative estimate of drug-likeness (QED) is 0.726. The summed E-state index contributed by atoms with van der Waals surface area (Å²) in [6.07, 6.45) is 6.30. The molecule has 0 aromatic heterocycles. The molecule has 1 aliphatic carbocycles. The molecule has 0 aromatic rings. The van der Waals surface area contributed by atoms with Crippen LogP contribution in [0.3, 0.4) is 0 Å². The highest BCUT2D eigenvalue weighted by Crippen LogP contribution is 2.29. The van der Waals surface area contributed by atoms with Gasteiger partial charge in [-0.05, 0) is 31.9 Å². The molecule has 0 saturated heterocycles. The third-order valence-corrected chi connectivity index (χ3v) is 4.29. The first-order valence-corrected chi connectivity index (χ1v) is 6.89. The van der Waals surface area contributed by atoms with Gasteiger partial charge >= 0.3 is 0 Å². The van der Waals surface area contributed by atoms with Crippen LogP contribution in [0.5, 0.6) is 0 Å². The molecule has 3 nitrogen and oxygen atoms in total. The number of aliphatic hydroxyl groups excluding tert-OH is 1. The molecule has 1 rings (SSSR count). The lowest BCUT2D eigenvalue weighted by molar-refractivity contribution is -0.123. The van der Waals surface area contributed by atoms with Gasteiger partial charge in [0.05, 0.1) is 6.61 Å². The van der Waals surface area contributed by atoms with E-state index >= 15 is 0 Å². The zero-order valence-electron chi connectivity index (χ0n) is 9.53. The van der Waals surface area contributed by atoms with Crippen LogP contribution < -0.4 is 5.32 Å². The van der Waals surface area contributed by atoms with Crippen molar-refractivity contribution in [3.05, 3.63) is 0 Å². The third-order valence-electron chi connectivity index (χ3n) is 3.13. The normalized spacial score (nSPS) is 20.5. The molecule has 88 valence electrons. The Bertz CT molecular complexity index is 203. The van der Waals surface area contributed by atoms with Gasteiger partial charge in [0.1, 0.15) is 0 Å². The molecule has 0 aromatic carbocycles. The molecule has 0 bridgehead atoms. The van der Waals surface area contributed by atoms with E-state index in [1.54, 1.807) is 11.8 Å². The second kappa shape index (κ2) is 6.38. The Morgan fingerprint density at radius 1 is 1.60 bits per heavy atom. The molecule has 0 heterocycles. The van der Waals surface area contributed by atoms with E-state index in [9.17, 15) is 4.79 Å². The highest BCUT2D eigenvalue weighted by Gasteiger charge is 2.23. The smallest absolute Gasteiger partial charge is 0.220 e. The molecule has 2 atom stereocenters. The monoisotopic (exact) mass is 231 g/mol. The Labute approximate surface area is 96.0 Å². The highest BCUT2D eigenvalue weighted by atomic mass is 32.2. The maximum Gasteiger partial charge on any atom is 0.220 e. The SMILES string of the molecule is CSC(CO)C(C)NC(=O)CC1CCC1. The van der Waals surface area contributed by atoms with Gasteiger partial charge in [0.2, 0.25) is 5.91 Å². The van der Waals surface area contributed by atoms with Gasteiger partial charge in [-0.2, -0.15) is 11.8 Å². The first kappa shape index (κ1) is 12.8. The third kappa shape index (κ3) is 4.03. The van der Waals surface area contributed by atoms with Crippen LogP contribution >= 0.6 is 11.8 Å². The van der Waals surface area contributed by atoms with E-state index in [1.807, 2.05) is 13.2 Å². The van der Waals surface area contributed by atoms with Crippen molar-refractivity contribution in [2.24, 2.45) is 5.92 Å². The van der Waals surface area contributed by atoms with Crippen molar-refractivity contribution in [3.63, 3.8) is 0 Å². The van der Waals surface area contributed by atoms with Crippen LogP contribution in [0.4, 0.5) is 0 Å². The van der Waals surface area contributed by atoms with Crippen molar-refractivity contribution in [2.75, 3.05) is 12.9 Å². The summed E-state index contributed by atoms with van der Waals surface area (Å²) in [6, 6.07) is 0.0533. The summed E-state index contributed by atoms with van der Waals surface area (Å²) in [7, 11) is 0. The van der Waals surface area contributed by atoms with Crippen molar-refractivity contribution in [1.29, 1.82) is 0 Å². The minimum absolute atomic E-state index is 0.0533. The van der Waals surface area contributed by atoms with Crippen LogP contribution in [0.2, 0.25) is 0 Å². The van der Waals surface area contributed by atoms with E-state index in [1.165, 1.54) is 19.3 Å². The number of thioether (sulfide) groups is 1. The fourth-order valence-electron chi connectivity index (χ4n) is 1.80. The van der Waals surface area contributed by atoms with Gasteiger partial charge in [-0.15, -0.1) is 0 Å². The topological polar surface area (TPSA) is 49.3 Å². The van der Waals surface area contributed by atoms with E-state index in [0.717, 1.165) is 0 Å². The molecular formula is C11H21NO2S. The van der Waals surface area contributed by atoms with E-state index in [2.05, 4.69) is 5.32 Å². The Hall–Kier alpha value is -0.220. The van der Waals surface area contributed by atoms with E-state index in [-0.39, 0.29) is 23.8 Å². The number of carbonyl (C=O) groups excluding carboxylic acids is 1. The Balaban J connectivity index is 2.22. The number of nitrogens with one attached hydrogen (secondary N) is 1. The molecule has 0 spiro atoms. The maximum atomic E-state index is 11.6. The van der Waals surface area contributed by atoms with Gasteiger partial charge in [0, 0.05) is 17.7 Å². The predicted octanol–water partition coefficient (Wildman–Crippen LogP) is 1.41. The van der Waals surface area contributed by atoms with Gasteiger partial charge in [0.25, 0.3) is 0 Å². The van der Waals surface area contributed by atoms with E-state index in [0.29, 0.717) is 12.3 Å². The number of aliphatic hydroxyl groups is 1. The van der Waals surface area contributed by atoms with Crippen LogP contribution in [0, 0.1) is 5.92 Å². The molecule has 0 aliphatic heterocycles. The Morgan fingerprint density at radius 3 is 2.67 bits per heavy atom. The number of hydrogen-bond acceptors (Lipinski definition) is 3. The average Bonchev–Trinajstić information content (AvgIpc) is 2.13. The molecule has 2 N–H and O–H groups in total.